The van der Waals surface area contributed by atoms with Gasteiger partial charge in [0.25, 0.3) is 0 Å². The topological polar surface area (TPSA) is 20.3 Å². The highest BCUT2D eigenvalue weighted by Gasteiger charge is 2.54. The van der Waals surface area contributed by atoms with Crippen LogP contribution in [0.15, 0.2) is 18.2 Å². The number of likely N-dealkylation sites (tertiary alicyclic amines) is 1. The van der Waals surface area contributed by atoms with Gasteiger partial charge in [-0.15, -0.1) is 0 Å². The van der Waals surface area contributed by atoms with Crippen molar-refractivity contribution < 1.29 is 4.79 Å². The van der Waals surface area contributed by atoms with Crippen LogP contribution in [-0.2, 0) is 11.8 Å². The molecule has 0 radical (unpaired) electrons. The van der Waals surface area contributed by atoms with Crippen molar-refractivity contribution in [3.05, 3.63) is 34.9 Å². The first-order chi connectivity index (χ1) is 11.7. The predicted molar refractivity (Wildman–Crippen MR) is 96.5 cm³/mol. The number of carbonyl (C=O) groups is 1. The summed E-state index contributed by atoms with van der Waals surface area (Å²) in [4.78, 5) is 14.8. The molecule has 128 valence electrons. The molecule has 0 spiro atoms. The molecule has 1 aliphatic heterocycles. The van der Waals surface area contributed by atoms with Crippen LogP contribution in [0.25, 0.3) is 0 Å². The van der Waals surface area contributed by atoms with Crippen LogP contribution in [0.4, 0.5) is 0 Å². The van der Waals surface area contributed by atoms with Gasteiger partial charge in [0.2, 0.25) is 0 Å². The average Bonchev–Trinajstić information content (AvgIpc) is 3.41. The van der Waals surface area contributed by atoms with E-state index < -0.39 is 0 Å². The van der Waals surface area contributed by atoms with Gasteiger partial charge in [0.15, 0.2) is 5.78 Å². The number of ketones is 1. The molecule has 2 bridgehead atoms. The minimum atomic E-state index is 0.217. The molecule has 1 heterocycles. The molecule has 2 saturated carbocycles. The van der Waals surface area contributed by atoms with Gasteiger partial charge in [-0.2, -0.15) is 0 Å². The third-order valence-corrected chi connectivity index (χ3v) is 7.55. The highest BCUT2D eigenvalue weighted by atomic mass is 16.1. The Kier molecular flexibility index (Phi) is 3.42. The van der Waals surface area contributed by atoms with Gasteiger partial charge in [-0.05, 0) is 81.0 Å². The van der Waals surface area contributed by atoms with Crippen molar-refractivity contribution in [2.75, 3.05) is 13.1 Å². The van der Waals surface area contributed by atoms with Crippen molar-refractivity contribution in [2.24, 2.45) is 11.8 Å². The molecule has 5 rings (SSSR count). The van der Waals surface area contributed by atoms with Crippen molar-refractivity contribution in [3.8, 4) is 0 Å². The molecule has 0 aromatic heterocycles. The first kappa shape index (κ1) is 15.1. The van der Waals surface area contributed by atoms with E-state index in [4.69, 9.17) is 0 Å². The molecule has 2 nitrogen and oxygen atoms in total. The Labute approximate surface area is 145 Å². The summed E-state index contributed by atoms with van der Waals surface area (Å²) in [6, 6.07) is 7.40. The Morgan fingerprint density at radius 2 is 2.08 bits per heavy atom. The van der Waals surface area contributed by atoms with Crippen LogP contribution in [0.5, 0.6) is 0 Å². The van der Waals surface area contributed by atoms with Gasteiger partial charge >= 0.3 is 0 Å². The molecule has 3 fully saturated rings. The zero-order chi connectivity index (χ0) is 16.3. The van der Waals surface area contributed by atoms with Gasteiger partial charge in [0.05, 0.1) is 0 Å². The van der Waals surface area contributed by atoms with Gasteiger partial charge in [-0.3, -0.25) is 9.69 Å². The van der Waals surface area contributed by atoms with Crippen LogP contribution < -0.4 is 0 Å². The summed E-state index contributed by atoms with van der Waals surface area (Å²) in [5.41, 5.74) is 4.40. The molecule has 3 aliphatic carbocycles. The van der Waals surface area contributed by atoms with Crippen LogP contribution in [0.1, 0.15) is 73.4 Å². The quantitative estimate of drug-likeness (QED) is 0.770. The van der Waals surface area contributed by atoms with Crippen molar-refractivity contribution in [1.82, 2.24) is 4.90 Å². The third-order valence-electron chi connectivity index (χ3n) is 7.55. The van der Waals surface area contributed by atoms with Gasteiger partial charge in [-0.25, -0.2) is 0 Å². The summed E-state index contributed by atoms with van der Waals surface area (Å²) >= 11 is 0. The van der Waals surface area contributed by atoms with E-state index >= 15 is 0 Å². The molecule has 1 aromatic carbocycles. The molecular weight excluding hydrogens is 294 g/mol. The van der Waals surface area contributed by atoms with Crippen LogP contribution in [0, 0.1) is 11.8 Å². The Bertz CT molecular complexity index is 677. The summed E-state index contributed by atoms with van der Waals surface area (Å²) in [6.45, 7) is 4.33. The maximum Gasteiger partial charge on any atom is 0.159 e. The molecule has 24 heavy (non-hydrogen) atoms. The molecule has 0 amide bonds. The fourth-order valence-corrected chi connectivity index (χ4v) is 6.16. The van der Waals surface area contributed by atoms with Crippen LogP contribution >= 0.6 is 0 Å². The summed E-state index contributed by atoms with van der Waals surface area (Å²) in [6.07, 6.45) is 11.0. The van der Waals surface area contributed by atoms with Crippen molar-refractivity contribution in [1.29, 1.82) is 0 Å². The van der Waals surface area contributed by atoms with Gasteiger partial charge in [0, 0.05) is 23.6 Å². The normalized spacial score (nSPS) is 35.2. The second kappa shape index (κ2) is 5.42. The minimum Gasteiger partial charge on any atom is -0.299 e. The number of Topliss-reactive ketones (excluding diaryl/α,β-unsaturated/α-hetero) is 1. The number of hydrogen-bond acceptors (Lipinski definition) is 2. The first-order valence-corrected chi connectivity index (χ1v) is 10.1. The van der Waals surface area contributed by atoms with Crippen LogP contribution in [0.3, 0.4) is 0 Å². The number of nitrogens with zero attached hydrogens (tertiary/aromatic N) is 1. The van der Waals surface area contributed by atoms with Crippen LogP contribution in [0.2, 0.25) is 0 Å². The average molecular weight is 323 g/mol. The summed E-state index contributed by atoms with van der Waals surface area (Å²) in [7, 11) is 0. The summed E-state index contributed by atoms with van der Waals surface area (Å²) in [5, 5.41) is 0. The lowest BCUT2D eigenvalue weighted by molar-refractivity contribution is -0.0133. The molecule has 1 aromatic rings. The van der Waals surface area contributed by atoms with E-state index in [1.807, 2.05) is 0 Å². The maximum absolute atomic E-state index is 11.9. The molecule has 3 unspecified atom stereocenters. The number of carbonyl (C=O) groups excluding carboxylic acids is 1. The van der Waals surface area contributed by atoms with Gasteiger partial charge in [0.1, 0.15) is 0 Å². The second-order valence-corrected chi connectivity index (χ2v) is 8.90. The lowest BCUT2D eigenvalue weighted by atomic mass is 9.52. The molecule has 3 atom stereocenters. The summed E-state index contributed by atoms with van der Waals surface area (Å²) < 4.78 is 0. The fraction of sp³-hybridized carbons (Fsp3) is 0.682. The van der Waals surface area contributed by atoms with Crippen molar-refractivity contribution in [2.45, 2.75) is 69.7 Å². The molecule has 4 aliphatic rings. The number of rotatable bonds is 3. The van der Waals surface area contributed by atoms with E-state index in [0.717, 1.165) is 23.4 Å². The second-order valence-electron chi connectivity index (χ2n) is 8.90. The van der Waals surface area contributed by atoms with E-state index in [2.05, 4.69) is 23.1 Å². The van der Waals surface area contributed by atoms with E-state index in [1.54, 1.807) is 18.1 Å². The Morgan fingerprint density at radius 1 is 1.21 bits per heavy atom. The van der Waals surface area contributed by atoms with E-state index in [9.17, 15) is 4.79 Å². The Balaban J connectivity index is 1.58. The van der Waals surface area contributed by atoms with Gasteiger partial charge < -0.3 is 0 Å². The third kappa shape index (κ3) is 2.22. The lowest BCUT2D eigenvalue weighted by Crippen LogP contribution is -2.61. The maximum atomic E-state index is 11.9. The highest BCUT2D eigenvalue weighted by Crippen LogP contribution is 2.56. The monoisotopic (exact) mass is 323 g/mol. The Hall–Kier alpha value is -1.15. The predicted octanol–water partition coefficient (Wildman–Crippen LogP) is 4.36. The first-order valence-electron chi connectivity index (χ1n) is 10.1. The number of piperidine rings is 1. The van der Waals surface area contributed by atoms with E-state index in [1.165, 1.54) is 64.5 Å². The van der Waals surface area contributed by atoms with Gasteiger partial charge in [-0.1, -0.05) is 25.0 Å². The largest absolute Gasteiger partial charge is 0.299 e. The minimum absolute atomic E-state index is 0.217. The molecule has 1 saturated heterocycles. The number of benzene rings is 1. The lowest BCUT2D eigenvalue weighted by Gasteiger charge is -2.59. The van der Waals surface area contributed by atoms with E-state index in [-0.39, 0.29) is 5.78 Å². The summed E-state index contributed by atoms with van der Waals surface area (Å²) in [5.74, 6) is 2.03. The molecule has 2 heteroatoms. The zero-order valence-electron chi connectivity index (χ0n) is 14.9. The van der Waals surface area contributed by atoms with E-state index in [0.29, 0.717) is 5.41 Å². The molecular formula is C22H29NO. The van der Waals surface area contributed by atoms with Crippen molar-refractivity contribution >= 4 is 5.78 Å². The van der Waals surface area contributed by atoms with Crippen molar-refractivity contribution in [3.63, 3.8) is 0 Å². The molecule has 0 N–H and O–H groups in total. The zero-order valence-corrected chi connectivity index (χ0v) is 14.9. The number of hydrogen-bond donors (Lipinski definition) is 0. The standard InChI is InChI=1S/C22H29NO/c1-15(24)17-7-8-18-13-21-19-4-2-3-9-22(19,20(18)12-17)10-11-23(21)14-16-5-6-16/h7-8,12,16,19,21H,2-6,9-11,13-14H2,1H3. The van der Waals surface area contributed by atoms with Crippen LogP contribution in [-0.4, -0.2) is 29.8 Å². The smallest absolute Gasteiger partial charge is 0.159 e. The Morgan fingerprint density at radius 3 is 2.88 bits per heavy atom. The fourth-order valence-electron chi connectivity index (χ4n) is 6.16. The highest BCUT2D eigenvalue weighted by molar-refractivity contribution is 5.94. The number of fused-ring (bicyclic) bond motifs is 1. The SMILES string of the molecule is CC(=O)c1ccc2c(c1)C13CCCCC1C(C2)N(CC1CC1)CC3.